The molecule has 0 atom stereocenters. The number of aryl methyl sites for hydroxylation is 2. The largest absolute Gasteiger partial charge is 0.315 e. The van der Waals surface area contributed by atoms with Crippen LogP contribution in [0.3, 0.4) is 0 Å². The van der Waals surface area contributed by atoms with Crippen molar-refractivity contribution in [3.8, 4) is 0 Å². The number of aromatic nitrogens is 2. The van der Waals surface area contributed by atoms with Crippen molar-refractivity contribution in [2.45, 2.75) is 20.3 Å². The second-order valence-corrected chi connectivity index (χ2v) is 2.99. The molecule has 0 radical (unpaired) electrons. The molecule has 0 spiro atoms. The van der Waals surface area contributed by atoms with Gasteiger partial charge in [0.25, 0.3) is 0 Å². The van der Waals surface area contributed by atoms with Gasteiger partial charge in [-0.2, -0.15) is 0 Å². The summed E-state index contributed by atoms with van der Waals surface area (Å²) in [6.45, 7) is 4.25. The van der Waals surface area contributed by atoms with Crippen LogP contribution in [0.2, 0.25) is 0 Å². The Hall–Kier alpha value is -1.31. The van der Waals surface area contributed by atoms with Crippen LogP contribution >= 0.6 is 0 Å². The van der Waals surface area contributed by atoms with E-state index in [1.165, 1.54) is 16.9 Å². The zero-order valence-corrected chi connectivity index (χ0v) is 7.41. The highest BCUT2D eigenvalue weighted by molar-refractivity contribution is 5.48. The molecule has 0 aliphatic rings. The van der Waals surface area contributed by atoms with Crippen LogP contribution in [0.25, 0.3) is 5.52 Å². The molecule has 2 heterocycles. The maximum Gasteiger partial charge on any atom is 0.0639 e. The number of hydrogen-bond acceptors (Lipinski definition) is 1. The molecule has 2 nitrogen and oxygen atoms in total. The second-order valence-electron chi connectivity index (χ2n) is 2.99. The molecule has 0 aliphatic heterocycles. The van der Waals surface area contributed by atoms with E-state index in [2.05, 4.69) is 35.4 Å². The lowest BCUT2D eigenvalue weighted by Gasteiger charge is -2.02. The Bertz CT molecular complexity index is 401. The van der Waals surface area contributed by atoms with E-state index >= 15 is 0 Å². The maximum atomic E-state index is 4.14. The number of hydrogen-bond donors (Lipinski definition) is 0. The third-order valence-corrected chi connectivity index (χ3v) is 2.18. The Labute approximate surface area is 71.9 Å². The van der Waals surface area contributed by atoms with Crippen molar-refractivity contribution in [2.24, 2.45) is 0 Å². The van der Waals surface area contributed by atoms with E-state index in [1.807, 2.05) is 12.4 Å². The summed E-state index contributed by atoms with van der Waals surface area (Å²) in [7, 11) is 0. The lowest BCUT2D eigenvalue weighted by atomic mass is 10.3. The molecular weight excluding hydrogens is 148 g/mol. The molecule has 2 aromatic rings. The summed E-state index contributed by atoms with van der Waals surface area (Å²) >= 11 is 0. The normalized spacial score (nSPS) is 10.8. The summed E-state index contributed by atoms with van der Waals surface area (Å²) < 4.78 is 2.24. The van der Waals surface area contributed by atoms with E-state index in [0.29, 0.717) is 0 Å². The lowest BCUT2D eigenvalue weighted by Crippen LogP contribution is -1.95. The first-order chi connectivity index (χ1) is 5.83. The maximum absolute atomic E-state index is 4.14. The van der Waals surface area contributed by atoms with Crippen LogP contribution in [0.4, 0.5) is 0 Å². The molecule has 0 amide bonds. The zero-order valence-electron chi connectivity index (χ0n) is 7.41. The Morgan fingerprint density at radius 1 is 1.33 bits per heavy atom. The Morgan fingerprint density at radius 3 is 2.92 bits per heavy atom. The standard InChI is InChI=1S/C10H12N2/c1-3-9-4-5-10-7-11-6-8(2)12(9)10/h4-7H,3H2,1-2H3. The minimum atomic E-state index is 1.07. The topological polar surface area (TPSA) is 17.3 Å². The molecule has 62 valence electrons. The fourth-order valence-electron chi connectivity index (χ4n) is 1.58. The lowest BCUT2D eigenvalue weighted by molar-refractivity contribution is 0.945. The molecule has 0 aliphatic carbocycles. The van der Waals surface area contributed by atoms with Gasteiger partial charge in [-0.3, -0.25) is 4.98 Å². The third-order valence-electron chi connectivity index (χ3n) is 2.18. The highest BCUT2D eigenvalue weighted by Crippen LogP contribution is 2.11. The van der Waals surface area contributed by atoms with Gasteiger partial charge in [-0.15, -0.1) is 0 Å². The first-order valence-corrected chi connectivity index (χ1v) is 4.24. The SMILES string of the molecule is CCc1ccc2cncc(C)n12. The van der Waals surface area contributed by atoms with Crippen LogP contribution in [-0.2, 0) is 6.42 Å². The van der Waals surface area contributed by atoms with Gasteiger partial charge in [-0.1, -0.05) is 6.92 Å². The van der Waals surface area contributed by atoms with Gasteiger partial charge < -0.3 is 4.40 Å². The zero-order chi connectivity index (χ0) is 8.55. The molecule has 2 rings (SSSR count). The highest BCUT2D eigenvalue weighted by atomic mass is 14.9. The Morgan fingerprint density at radius 2 is 2.17 bits per heavy atom. The van der Waals surface area contributed by atoms with Crippen LogP contribution in [0.15, 0.2) is 24.5 Å². The first kappa shape index (κ1) is 7.35. The van der Waals surface area contributed by atoms with Gasteiger partial charge in [-0.05, 0) is 25.5 Å². The molecule has 0 unspecified atom stereocenters. The Balaban J connectivity index is 2.83. The molecule has 0 bridgehead atoms. The van der Waals surface area contributed by atoms with E-state index in [1.54, 1.807) is 0 Å². The molecule has 0 saturated heterocycles. The van der Waals surface area contributed by atoms with Crippen molar-refractivity contribution in [1.29, 1.82) is 0 Å². The molecule has 0 saturated carbocycles. The second kappa shape index (κ2) is 2.63. The summed E-state index contributed by atoms with van der Waals surface area (Å²) in [4.78, 5) is 4.14. The van der Waals surface area contributed by atoms with Crippen molar-refractivity contribution in [3.05, 3.63) is 35.9 Å². The van der Waals surface area contributed by atoms with Gasteiger partial charge >= 0.3 is 0 Å². The molecule has 2 heteroatoms. The minimum absolute atomic E-state index is 1.07. The summed E-state index contributed by atoms with van der Waals surface area (Å²) in [6, 6.07) is 4.27. The number of nitrogens with zero attached hydrogens (tertiary/aromatic N) is 2. The van der Waals surface area contributed by atoms with E-state index in [-0.39, 0.29) is 0 Å². The van der Waals surface area contributed by atoms with Crippen LogP contribution in [0.5, 0.6) is 0 Å². The quantitative estimate of drug-likeness (QED) is 0.625. The van der Waals surface area contributed by atoms with Crippen molar-refractivity contribution >= 4 is 5.52 Å². The van der Waals surface area contributed by atoms with Gasteiger partial charge in [0, 0.05) is 17.6 Å². The van der Waals surface area contributed by atoms with Crippen molar-refractivity contribution in [3.63, 3.8) is 0 Å². The molecule has 0 fully saturated rings. The van der Waals surface area contributed by atoms with Gasteiger partial charge in [0.05, 0.1) is 11.7 Å². The van der Waals surface area contributed by atoms with E-state index in [9.17, 15) is 0 Å². The number of rotatable bonds is 1. The average molecular weight is 160 g/mol. The van der Waals surface area contributed by atoms with E-state index in [4.69, 9.17) is 0 Å². The van der Waals surface area contributed by atoms with Gasteiger partial charge in [0.1, 0.15) is 0 Å². The van der Waals surface area contributed by atoms with Crippen molar-refractivity contribution in [1.82, 2.24) is 9.38 Å². The summed E-state index contributed by atoms with van der Waals surface area (Å²) in [5.41, 5.74) is 3.74. The van der Waals surface area contributed by atoms with Crippen LogP contribution in [0, 0.1) is 6.92 Å². The van der Waals surface area contributed by atoms with Crippen molar-refractivity contribution < 1.29 is 0 Å². The first-order valence-electron chi connectivity index (χ1n) is 4.24. The minimum Gasteiger partial charge on any atom is -0.315 e. The average Bonchev–Trinajstić information content (AvgIpc) is 2.49. The highest BCUT2D eigenvalue weighted by Gasteiger charge is 2.00. The van der Waals surface area contributed by atoms with E-state index < -0.39 is 0 Å². The third kappa shape index (κ3) is 0.916. The van der Waals surface area contributed by atoms with Crippen LogP contribution < -0.4 is 0 Å². The molecule has 0 aromatic carbocycles. The predicted molar refractivity (Wildman–Crippen MR) is 49.3 cm³/mol. The van der Waals surface area contributed by atoms with Crippen molar-refractivity contribution in [2.75, 3.05) is 0 Å². The van der Waals surface area contributed by atoms with Gasteiger partial charge in [-0.25, -0.2) is 0 Å². The summed E-state index contributed by atoms with van der Waals surface area (Å²) in [6.07, 6.45) is 4.86. The fourth-order valence-corrected chi connectivity index (χ4v) is 1.58. The Kier molecular flexibility index (Phi) is 1.61. The fraction of sp³-hybridized carbons (Fsp3) is 0.300. The molecule has 2 aromatic heterocycles. The van der Waals surface area contributed by atoms with E-state index in [0.717, 1.165) is 6.42 Å². The van der Waals surface area contributed by atoms with Gasteiger partial charge in [0.15, 0.2) is 0 Å². The monoisotopic (exact) mass is 160 g/mol. The summed E-state index contributed by atoms with van der Waals surface area (Å²) in [5, 5.41) is 0. The van der Waals surface area contributed by atoms with Crippen LogP contribution in [0.1, 0.15) is 18.3 Å². The smallest absolute Gasteiger partial charge is 0.0639 e. The predicted octanol–water partition coefficient (Wildman–Crippen LogP) is 2.21. The number of fused-ring (bicyclic) bond motifs is 1. The van der Waals surface area contributed by atoms with Gasteiger partial charge in [0.2, 0.25) is 0 Å². The molecule has 0 N–H and O–H groups in total. The summed E-state index contributed by atoms with van der Waals surface area (Å²) in [5.74, 6) is 0. The van der Waals surface area contributed by atoms with Crippen LogP contribution in [-0.4, -0.2) is 9.38 Å². The molecular formula is C10H12N2. The molecule has 12 heavy (non-hydrogen) atoms.